The van der Waals surface area contributed by atoms with Gasteiger partial charge in [0.25, 0.3) is 0 Å². The van der Waals surface area contributed by atoms with Gasteiger partial charge in [-0.1, -0.05) is 20.8 Å². The van der Waals surface area contributed by atoms with Gasteiger partial charge in [-0.3, -0.25) is 0 Å². The first-order chi connectivity index (χ1) is 8.71. The second kappa shape index (κ2) is 8.64. The van der Waals surface area contributed by atoms with E-state index in [0.717, 1.165) is 32.6 Å². The Kier molecular flexibility index (Phi) is 7.51. The van der Waals surface area contributed by atoms with Crippen LogP contribution in [-0.2, 0) is 13.0 Å². The fraction of sp³-hybridized carbons (Fsp3) is 0.714. The number of thiophene rings is 1. The van der Waals surface area contributed by atoms with Crippen molar-refractivity contribution in [2.75, 3.05) is 26.2 Å². The van der Waals surface area contributed by atoms with E-state index in [-0.39, 0.29) is 6.10 Å². The number of aryl methyl sites for hydroxylation is 1. The molecule has 18 heavy (non-hydrogen) atoms. The zero-order chi connectivity index (χ0) is 13.4. The predicted octanol–water partition coefficient (Wildman–Crippen LogP) is 2.10. The number of aliphatic hydroxyl groups excluding tert-OH is 1. The number of hydrogen-bond donors (Lipinski definition) is 2. The average Bonchev–Trinajstić information content (AvgIpc) is 2.83. The molecule has 1 rings (SSSR count). The summed E-state index contributed by atoms with van der Waals surface area (Å²) in [6.45, 7) is 10.7. The zero-order valence-corrected chi connectivity index (χ0v) is 12.6. The lowest BCUT2D eigenvalue weighted by atomic mass is 10.2. The zero-order valence-electron chi connectivity index (χ0n) is 11.8. The molecule has 0 aliphatic rings. The highest BCUT2D eigenvalue weighted by atomic mass is 32.1. The van der Waals surface area contributed by atoms with Crippen molar-refractivity contribution in [2.24, 2.45) is 0 Å². The minimum Gasteiger partial charge on any atom is -0.390 e. The lowest BCUT2D eigenvalue weighted by Gasteiger charge is -2.22. The van der Waals surface area contributed by atoms with Crippen molar-refractivity contribution < 1.29 is 5.11 Å². The van der Waals surface area contributed by atoms with Gasteiger partial charge in [0, 0.05) is 24.5 Å². The Bertz CT molecular complexity index is 323. The van der Waals surface area contributed by atoms with Crippen molar-refractivity contribution in [3.8, 4) is 0 Å². The van der Waals surface area contributed by atoms with E-state index in [1.54, 1.807) is 11.3 Å². The van der Waals surface area contributed by atoms with Crippen LogP contribution in [0.3, 0.4) is 0 Å². The second-order valence-corrected chi connectivity index (χ2v) is 5.49. The van der Waals surface area contributed by atoms with E-state index in [1.165, 1.54) is 10.4 Å². The first kappa shape index (κ1) is 15.6. The molecule has 104 valence electrons. The molecule has 1 atom stereocenters. The van der Waals surface area contributed by atoms with E-state index in [4.69, 9.17) is 0 Å². The number of aliphatic hydroxyl groups is 1. The molecular weight excluding hydrogens is 244 g/mol. The fourth-order valence-corrected chi connectivity index (χ4v) is 2.98. The number of nitrogens with zero attached hydrogens (tertiary/aromatic N) is 1. The van der Waals surface area contributed by atoms with Crippen LogP contribution in [0.2, 0.25) is 0 Å². The maximum Gasteiger partial charge on any atom is 0.0791 e. The monoisotopic (exact) mass is 270 g/mol. The fourth-order valence-electron chi connectivity index (χ4n) is 2.03. The lowest BCUT2D eigenvalue weighted by Crippen LogP contribution is -2.38. The van der Waals surface area contributed by atoms with Gasteiger partial charge in [-0.05, 0) is 36.5 Å². The van der Waals surface area contributed by atoms with Gasteiger partial charge in [0.2, 0.25) is 0 Å². The summed E-state index contributed by atoms with van der Waals surface area (Å²) in [7, 11) is 0. The molecule has 1 unspecified atom stereocenters. The lowest BCUT2D eigenvalue weighted by molar-refractivity contribution is 0.116. The van der Waals surface area contributed by atoms with Gasteiger partial charge in [-0.25, -0.2) is 0 Å². The summed E-state index contributed by atoms with van der Waals surface area (Å²) >= 11 is 1.79. The molecular formula is C14H26N2OS. The van der Waals surface area contributed by atoms with Gasteiger partial charge in [-0.15, -0.1) is 11.3 Å². The smallest absolute Gasteiger partial charge is 0.0791 e. The molecule has 0 spiro atoms. The van der Waals surface area contributed by atoms with Crippen LogP contribution in [0.5, 0.6) is 0 Å². The van der Waals surface area contributed by atoms with Crippen LogP contribution >= 0.6 is 11.3 Å². The normalized spacial score (nSPS) is 13.2. The number of rotatable bonds is 9. The Morgan fingerprint density at radius 3 is 2.67 bits per heavy atom. The van der Waals surface area contributed by atoms with Crippen molar-refractivity contribution >= 4 is 11.3 Å². The third-order valence-electron chi connectivity index (χ3n) is 3.25. The van der Waals surface area contributed by atoms with Gasteiger partial charge < -0.3 is 15.3 Å². The summed E-state index contributed by atoms with van der Waals surface area (Å²) in [5.41, 5.74) is 1.42. The molecule has 1 aromatic heterocycles. The molecule has 4 heteroatoms. The number of likely N-dealkylation sites (N-methyl/N-ethyl adjacent to an activating group) is 1. The van der Waals surface area contributed by atoms with Crippen LogP contribution in [-0.4, -0.2) is 42.3 Å². The Hall–Kier alpha value is -0.420. The highest BCUT2D eigenvalue weighted by Crippen LogP contribution is 2.16. The summed E-state index contributed by atoms with van der Waals surface area (Å²) in [4.78, 5) is 3.64. The van der Waals surface area contributed by atoms with E-state index < -0.39 is 0 Å². The number of hydrogen-bond acceptors (Lipinski definition) is 4. The van der Waals surface area contributed by atoms with Gasteiger partial charge in [-0.2, -0.15) is 0 Å². The molecule has 0 amide bonds. The summed E-state index contributed by atoms with van der Waals surface area (Å²) in [6.07, 6.45) is 0.803. The molecule has 1 heterocycles. The van der Waals surface area contributed by atoms with Gasteiger partial charge in [0.15, 0.2) is 0 Å². The number of nitrogens with one attached hydrogen (secondary N) is 1. The topological polar surface area (TPSA) is 35.5 Å². The van der Waals surface area contributed by atoms with Crippen LogP contribution in [0.15, 0.2) is 11.4 Å². The van der Waals surface area contributed by atoms with Crippen LogP contribution in [0.4, 0.5) is 0 Å². The molecule has 0 aliphatic carbocycles. The van der Waals surface area contributed by atoms with Crippen molar-refractivity contribution in [3.05, 3.63) is 21.9 Å². The molecule has 0 radical (unpaired) electrons. The van der Waals surface area contributed by atoms with Gasteiger partial charge in [0.1, 0.15) is 0 Å². The van der Waals surface area contributed by atoms with Crippen molar-refractivity contribution in [1.29, 1.82) is 0 Å². The third kappa shape index (κ3) is 5.06. The second-order valence-electron chi connectivity index (χ2n) is 4.49. The molecule has 0 aliphatic heterocycles. The quantitative estimate of drug-likeness (QED) is 0.721. The van der Waals surface area contributed by atoms with E-state index in [2.05, 4.69) is 42.4 Å². The molecule has 0 saturated heterocycles. The Labute approximate surface area is 115 Å². The van der Waals surface area contributed by atoms with Crippen LogP contribution in [0.1, 0.15) is 31.2 Å². The molecule has 0 aromatic carbocycles. The van der Waals surface area contributed by atoms with E-state index in [9.17, 15) is 5.11 Å². The van der Waals surface area contributed by atoms with E-state index in [0.29, 0.717) is 6.54 Å². The molecule has 3 nitrogen and oxygen atoms in total. The minimum atomic E-state index is -0.282. The summed E-state index contributed by atoms with van der Waals surface area (Å²) in [5.74, 6) is 0. The van der Waals surface area contributed by atoms with Crippen molar-refractivity contribution in [1.82, 2.24) is 10.2 Å². The Morgan fingerprint density at radius 1 is 1.33 bits per heavy atom. The molecule has 0 fully saturated rings. The average molecular weight is 270 g/mol. The van der Waals surface area contributed by atoms with Crippen LogP contribution in [0.25, 0.3) is 0 Å². The van der Waals surface area contributed by atoms with Crippen molar-refractivity contribution in [2.45, 2.75) is 39.8 Å². The van der Waals surface area contributed by atoms with Gasteiger partial charge >= 0.3 is 0 Å². The highest BCUT2D eigenvalue weighted by Gasteiger charge is 2.09. The third-order valence-corrected chi connectivity index (χ3v) is 4.21. The molecule has 0 bridgehead atoms. The van der Waals surface area contributed by atoms with E-state index >= 15 is 0 Å². The van der Waals surface area contributed by atoms with Crippen LogP contribution < -0.4 is 5.32 Å². The van der Waals surface area contributed by atoms with Crippen LogP contribution in [0, 0.1) is 0 Å². The summed E-state index contributed by atoms with van der Waals surface area (Å²) < 4.78 is 0. The van der Waals surface area contributed by atoms with Gasteiger partial charge in [0.05, 0.1) is 6.10 Å². The molecule has 1 aromatic rings. The minimum absolute atomic E-state index is 0.282. The van der Waals surface area contributed by atoms with Crippen molar-refractivity contribution in [3.63, 3.8) is 0 Å². The predicted molar refractivity (Wildman–Crippen MR) is 79.2 cm³/mol. The standard InChI is InChI=1S/C14H26N2OS/c1-4-12-7-8-18-14(12)10-15-9-13(17)11-16(5-2)6-3/h7-8,13,15,17H,4-6,9-11H2,1-3H3. The first-order valence-corrected chi connectivity index (χ1v) is 7.75. The molecule has 0 saturated carbocycles. The largest absolute Gasteiger partial charge is 0.390 e. The SMILES string of the molecule is CCc1ccsc1CNCC(O)CN(CC)CC. The molecule has 2 N–H and O–H groups in total. The van der Waals surface area contributed by atoms with E-state index in [1.807, 2.05) is 0 Å². The summed E-state index contributed by atoms with van der Waals surface area (Å²) in [6, 6.07) is 2.19. The maximum atomic E-state index is 9.94. The summed E-state index contributed by atoms with van der Waals surface area (Å²) in [5, 5.41) is 15.4. The Morgan fingerprint density at radius 2 is 2.06 bits per heavy atom. The maximum absolute atomic E-state index is 9.94. The first-order valence-electron chi connectivity index (χ1n) is 6.87. The Balaban J connectivity index is 2.25. The highest BCUT2D eigenvalue weighted by molar-refractivity contribution is 7.10.